The molecule has 0 aromatic heterocycles. The minimum atomic E-state index is -0.651. The maximum absolute atomic E-state index is 13.0. The third kappa shape index (κ3) is 2.03. The normalized spacial score (nSPS) is 9.23. The zero-order chi connectivity index (χ0) is 9.84. The summed E-state index contributed by atoms with van der Waals surface area (Å²) < 4.78 is 13.0. The third-order valence-corrected chi connectivity index (χ3v) is 1.59. The fourth-order valence-electron chi connectivity index (χ4n) is 1.02. The third-order valence-electron chi connectivity index (χ3n) is 1.59. The van der Waals surface area contributed by atoms with E-state index in [1.54, 1.807) is 6.07 Å². The number of rotatable bonds is 2. The molecule has 13 heavy (non-hydrogen) atoms. The van der Waals surface area contributed by atoms with Gasteiger partial charge in [-0.3, -0.25) is 4.79 Å². The van der Waals surface area contributed by atoms with E-state index in [4.69, 9.17) is 11.0 Å². The fraction of sp³-hybridized carbons (Fsp3) is 0.111. The largest absolute Gasteiger partial charge is 0.369 e. The number of halogens is 1. The molecular formula is C9H7FN2O. The van der Waals surface area contributed by atoms with E-state index >= 15 is 0 Å². The highest BCUT2D eigenvalue weighted by molar-refractivity contribution is 5.77. The molecule has 0 aliphatic carbocycles. The van der Waals surface area contributed by atoms with Gasteiger partial charge >= 0.3 is 0 Å². The van der Waals surface area contributed by atoms with E-state index in [1.807, 2.05) is 0 Å². The van der Waals surface area contributed by atoms with E-state index < -0.39 is 11.7 Å². The number of nitrogens with zero attached hydrogens (tertiary/aromatic N) is 1. The van der Waals surface area contributed by atoms with Gasteiger partial charge in [-0.1, -0.05) is 6.07 Å². The molecule has 0 aliphatic rings. The summed E-state index contributed by atoms with van der Waals surface area (Å²) in [5.41, 5.74) is 5.12. The second-order valence-corrected chi connectivity index (χ2v) is 2.52. The maximum atomic E-state index is 13.0. The van der Waals surface area contributed by atoms with Crippen LogP contribution in [-0.2, 0) is 11.2 Å². The summed E-state index contributed by atoms with van der Waals surface area (Å²) in [6.45, 7) is 0. The van der Waals surface area contributed by atoms with E-state index in [-0.39, 0.29) is 17.5 Å². The Balaban J connectivity index is 3.17. The zero-order valence-electron chi connectivity index (χ0n) is 6.75. The van der Waals surface area contributed by atoms with Crippen LogP contribution in [0, 0.1) is 17.1 Å². The number of hydrogen-bond donors (Lipinski definition) is 1. The molecule has 0 spiro atoms. The van der Waals surface area contributed by atoms with Crippen molar-refractivity contribution in [1.82, 2.24) is 0 Å². The van der Waals surface area contributed by atoms with Crippen molar-refractivity contribution in [2.75, 3.05) is 0 Å². The minimum absolute atomic E-state index is 0.0671. The summed E-state index contributed by atoms with van der Waals surface area (Å²) in [6.07, 6.45) is -0.241. The van der Waals surface area contributed by atoms with Crippen LogP contribution in [0.4, 0.5) is 4.39 Å². The van der Waals surface area contributed by atoms with Gasteiger partial charge in [-0.25, -0.2) is 4.39 Å². The van der Waals surface area contributed by atoms with Crippen molar-refractivity contribution in [3.8, 4) is 6.07 Å². The summed E-state index contributed by atoms with van der Waals surface area (Å²) in [6, 6.07) is 5.85. The summed E-state index contributed by atoms with van der Waals surface area (Å²) >= 11 is 0. The molecule has 3 nitrogen and oxygen atoms in total. The fourth-order valence-corrected chi connectivity index (χ4v) is 1.02. The minimum Gasteiger partial charge on any atom is -0.369 e. The molecule has 0 atom stereocenters. The van der Waals surface area contributed by atoms with E-state index in [2.05, 4.69) is 0 Å². The standard InChI is InChI=1S/C9H7FN2O/c10-8-3-1-2-6(5-11)7(8)4-9(12)13/h1-3H,4H2,(H2,12,13). The molecule has 0 aliphatic heterocycles. The average molecular weight is 178 g/mol. The Morgan fingerprint density at radius 3 is 2.85 bits per heavy atom. The summed E-state index contributed by atoms with van der Waals surface area (Å²) in [4.78, 5) is 10.5. The number of carbonyl (C=O) groups excluding carboxylic acids is 1. The van der Waals surface area contributed by atoms with Gasteiger partial charge in [-0.2, -0.15) is 5.26 Å². The van der Waals surface area contributed by atoms with E-state index in [9.17, 15) is 9.18 Å². The second kappa shape index (κ2) is 3.68. The van der Waals surface area contributed by atoms with Crippen LogP contribution in [0.25, 0.3) is 0 Å². The number of hydrogen-bond acceptors (Lipinski definition) is 2. The molecular weight excluding hydrogens is 171 g/mol. The van der Waals surface area contributed by atoms with Gasteiger partial charge in [0.2, 0.25) is 5.91 Å². The van der Waals surface area contributed by atoms with Gasteiger partial charge in [0.1, 0.15) is 5.82 Å². The quantitative estimate of drug-likeness (QED) is 0.725. The first-order valence-corrected chi connectivity index (χ1v) is 3.61. The van der Waals surface area contributed by atoms with Gasteiger partial charge in [-0.15, -0.1) is 0 Å². The second-order valence-electron chi connectivity index (χ2n) is 2.52. The van der Waals surface area contributed by atoms with Gasteiger partial charge in [-0.05, 0) is 12.1 Å². The van der Waals surface area contributed by atoms with E-state index in [1.165, 1.54) is 18.2 Å². The molecule has 1 aromatic carbocycles. The number of benzene rings is 1. The van der Waals surface area contributed by atoms with Crippen molar-refractivity contribution in [3.63, 3.8) is 0 Å². The van der Waals surface area contributed by atoms with Crippen molar-refractivity contribution in [3.05, 3.63) is 35.1 Å². The van der Waals surface area contributed by atoms with E-state index in [0.29, 0.717) is 0 Å². The van der Waals surface area contributed by atoms with Crippen molar-refractivity contribution in [2.24, 2.45) is 5.73 Å². The number of amides is 1. The maximum Gasteiger partial charge on any atom is 0.221 e. The smallest absolute Gasteiger partial charge is 0.221 e. The molecule has 1 rings (SSSR count). The van der Waals surface area contributed by atoms with Crippen LogP contribution in [0.15, 0.2) is 18.2 Å². The number of nitrogens with two attached hydrogens (primary N) is 1. The highest BCUT2D eigenvalue weighted by atomic mass is 19.1. The van der Waals surface area contributed by atoms with Gasteiger partial charge in [0.15, 0.2) is 0 Å². The summed E-state index contributed by atoms with van der Waals surface area (Å²) in [5, 5.41) is 8.59. The Morgan fingerprint density at radius 1 is 1.62 bits per heavy atom. The number of nitriles is 1. The predicted octanol–water partition coefficient (Wildman–Crippen LogP) is 0.725. The zero-order valence-corrected chi connectivity index (χ0v) is 6.75. The van der Waals surface area contributed by atoms with Crippen LogP contribution in [-0.4, -0.2) is 5.91 Å². The Hall–Kier alpha value is -1.89. The molecule has 4 heteroatoms. The Bertz CT molecular complexity index is 382. The van der Waals surface area contributed by atoms with Crippen LogP contribution in [0.3, 0.4) is 0 Å². The van der Waals surface area contributed by atoms with Crippen LogP contribution in [0.5, 0.6) is 0 Å². The van der Waals surface area contributed by atoms with Crippen LogP contribution in [0.2, 0.25) is 0 Å². The lowest BCUT2D eigenvalue weighted by Crippen LogP contribution is -2.15. The van der Waals surface area contributed by atoms with Crippen LogP contribution >= 0.6 is 0 Å². The van der Waals surface area contributed by atoms with Crippen molar-refractivity contribution in [2.45, 2.75) is 6.42 Å². The Labute approximate surface area is 74.6 Å². The number of primary amides is 1. The lowest BCUT2D eigenvalue weighted by molar-refractivity contribution is -0.117. The summed E-state index contributed by atoms with van der Waals surface area (Å²) in [5.74, 6) is -1.22. The molecule has 1 aromatic rings. The molecule has 0 heterocycles. The Kier molecular flexibility index (Phi) is 2.60. The van der Waals surface area contributed by atoms with Crippen molar-refractivity contribution < 1.29 is 9.18 Å². The molecule has 0 unspecified atom stereocenters. The molecule has 66 valence electrons. The lowest BCUT2D eigenvalue weighted by Gasteiger charge is -2.01. The molecule has 1 amide bonds. The molecule has 0 saturated heterocycles. The topological polar surface area (TPSA) is 66.9 Å². The highest BCUT2D eigenvalue weighted by Gasteiger charge is 2.09. The van der Waals surface area contributed by atoms with Gasteiger partial charge in [0, 0.05) is 5.56 Å². The first-order valence-electron chi connectivity index (χ1n) is 3.61. The molecule has 0 fully saturated rings. The van der Waals surface area contributed by atoms with Gasteiger partial charge < -0.3 is 5.73 Å². The molecule has 0 bridgehead atoms. The van der Waals surface area contributed by atoms with Crippen LogP contribution < -0.4 is 5.73 Å². The van der Waals surface area contributed by atoms with Gasteiger partial charge in [0.05, 0.1) is 18.1 Å². The summed E-state index contributed by atoms with van der Waals surface area (Å²) in [7, 11) is 0. The SMILES string of the molecule is N#Cc1cccc(F)c1CC(N)=O. The molecule has 2 N–H and O–H groups in total. The first-order chi connectivity index (χ1) is 6.15. The molecule has 0 radical (unpaired) electrons. The predicted molar refractivity (Wildman–Crippen MR) is 44.0 cm³/mol. The average Bonchev–Trinajstić information content (AvgIpc) is 2.08. The number of carbonyl (C=O) groups is 1. The lowest BCUT2D eigenvalue weighted by atomic mass is 10.0. The monoisotopic (exact) mass is 178 g/mol. The molecule has 0 saturated carbocycles. The van der Waals surface area contributed by atoms with E-state index in [0.717, 1.165) is 0 Å². The van der Waals surface area contributed by atoms with Crippen molar-refractivity contribution in [1.29, 1.82) is 5.26 Å². The Morgan fingerprint density at radius 2 is 2.31 bits per heavy atom. The highest BCUT2D eigenvalue weighted by Crippen LogP contribution is 2.12. The van der Waals surface area contributed by atoms with Crippen molar-refractivity contribution >= 4 is 5.91 Å². The van der Waals surface area contributed by atoms with Crippen LogP contribution in [0.1, 0.15) is 11.1 Å². The first kappa shape index (κ1) is 9.20. The van der Waals surface area contributed by atoms with Gasteiger partial charge in [0.25, 0.3) is 0 Å².